The number of carbonyl (C=O) groups excluding carboxylic acids is 3. The molecule has 1 aliphatic heterocycles. The van der Waals surface area contributed by atoms with Gasteiger partial charge in [-0.05, 0) is 53.5 Å². The molecular weight excluding hydrogens is 392 g/mol. The molecule has 0 bridgehead atoms. The number of allylic oxidation sites excluding steroid dienone is 1. The van der Waals surface area contributed by atoms with E-state index in [0.717, 1.165) is 0 Å². The average Bonchev–Trinajstić information content (AvgIpc) is 3.01. The van der Waals surface area contributed by atoms with Gasteiger partial charge in [0, 0.05) is 17.0 Å². The van der Waals surface area contributed by atoms with Crippen LogP contribution in [-0.4, -0.2) is 49.2 Å². The number of carbonyl (C=O) groups is 3. The first kappa shape index (κ1) is 23.6. The van der Waals surface area contributed by atoms with Crippen LogP contribution in [-0.2, 0) is 23.7 Å². The van der Waals surface area contributed by atoms with Crippen molar-refractivity contribution < 1.29 is 33.3 Å². The fourth-order valence-electron chi connectivity index (χ4n) is 3.32. The van der Waals surface area contributed by atoms with E-state index >= 15 is 0 Å². The minimum absolute atomic E-state index is 0.0123. The van der Waals surface area contributed by atoms with Gasteiger partial charge in [0.1, 0.15) is 6.61 Å². The van der Waals surface area contributed by atoms with Crippen LogP contribution in [0.5, 0.6) is 0 Å². The van der Waals surface area contributed by atoms with Gasteiger partial charge in [-0.15, -0.1) is 0 Å². The van der Waals surface area contributed by atoms with E-state index in [2.05, 4.69) is 10.6 Å². The summed E-state index contributed by atoms with van der Waals surface area (Å²) < 4.78 is 21.3. The summed E-state index contributed by atoms with van der Waals surface area (Å²) in [5, 5.41) is 5.43. The van der Waals surface area contributed by atoms with Crippen LogP contribution in [0.2, 0.25) is 0 Å². The average molecular weight is 424 g/mol. The molecule has 1 heterocycles. The van der Waals surface area contributed by atoms with E-state index in [4.69, 9.17) is 18.9 Å². The Morgan fingerprint density at radius 3 is 2.23 bits per heavy atom. The Morgan fingerprint density at radius 1 is 1.07 bits per heavy atom. The Bertz CT molecular complexity index is 743. The topological polar surface area (TPSA) is 112 Å². The highest BCUT2D eigenvalue weighted by Gasteiger charge is 2.46. The molecule has 30 heavy (non-hydrogen) atoms. The van der Waals surface area contributed by atoms with E-state index in [-0.39, 0.29) is 12.5 Å². The molecule has 9 nitrogen and oxygen atoms in total. The number of hydrogen-bond donors (Lipinski definition) is 2. The van der Waals surface area contributed by atoms with Gasteiger partial charge < -0.3 is 29.6 Å². The number of amides is 2. The van der Waals surface area contributed by atoms with Gasteiger partial charge in [0.05, 0.1) is 24.9 Å². The molecule has 1 aliphatic carbocycles. The third-order valence-electron chi connectivity index (χ3n) is 4.49. The first-order valence-electron chi connectivity index (χ1n) is 9.87. The van der Waals surface area contributed by atoms with Crippen LogP contribution in [0.4, 0.5) is 9.59 Å². The van der Waals surface area contributed by atoms with Crippen LogP contribution in [0.1, 0.15) is 48.0 Å². The zero-order valence-electron chi connectivity index (χ0n) is 18.7. The van der Waals surface area contributed by atoms with Gasteiger partial charge in [0.2, 0.25) is 0 Å². The second-order valence-corrected chi connectivity index (χ2v) is 9.45. The Hall–Kier alpha value is -2.71. The Balaban J connectivity index is 2.15. The smallest absolute Gasteiger partial charge is 0.410 e. The summed E-state index contributed by atoms with van der Waals surface area (Å²) in [7, 11) is 1.29. The molecule has 3 atom stereocenters. The quantitative estimate of drug-likeness (QED) is 0.405. The molecule has 0 spiro atoms. The predicted molar refractivity (Wildman–Crippen MR) is 108 cm³/mol. The van der Waals surface area contributed by atoms with Gasteiger partial charge >= 0.3 is 18.2 Å². The molecule has 2 amide bonds. The minimum atomic E-state index is -0.964. The van der Waals surface area contributed by atoms with Crippen LogP contribution in [0.3, 0.4) is 0 Å². The first-order chi connectivity index (χ1) is 13.8. The van der Waals surface area contributed by atoms with Crippen molar-refractivity contribution in [2.75, 3.05) is 13.7 Å². The summed E-state index contributed by atoms with van der Waals surface area (Å²) in [5.41, 5.74) is 0.145. The normalized spacial score (nSPS) is 23.2. The van der Waals surface area contributed by atoms with E-state index in [9.17, 15) is 14.4 Å². The Labute approximate surface area is 177 Å². The molecule has 2 aliphatic rings. The lowest BCUT2D eigenvalue weighted by Gasteiger charge is -2.35. The number of methoxy groups -OCH3 is 1. The molecule has 0 saturated carbocycles. The number of rotatable bonds is 4. The van der Waals surface area contributed by atoms with Gasteiger partial charge in [0.15, 0.2) is 0 Å². The molecule has 2 rings (SSSR count). The monoisotopic (exact) mass is 424 g/mol. The lowest BCUT2D eigenvalue weighted by molar-refractivity contribution is -0.142. The highest BCUT2D eigenvalue weighted by molar-refractivity contribution is 5.89. The number of esters is 1. The third-order valence-corrected chi connectivity index (χ3v) is 4.49. The largest absolute Gasteiger partial charge is 0.466 e. The van der Waals surface area contributed by atoms with Gasteiger partial charge in [-0.25, -0.2) is 14.4 Å². The Morgan fingerprint density at radius 2 is 1.67 bits per heavy atom. The van der Waals surface area contributed by atoms with Crippen LogP contribution in [0.25, 0.3) is 0 Å². The van der Waals surface area contributed by atoms with E-state index in [0.29, 0.717) is 17.6 Å². The second kappa shape index (κ2) is 8.97. The van der Waals surface area contributed by atoms with Crippen LogP contribution in [0.15, 0.2) is 23.5 Å². The standard InChI is InChI=1S/C21H32N2O7/c1-20(2,3)22-18(25)29-10-12-8-9-13-14(16(24)27-7)11-28-17(15(12)13)30-19(26)23-21(4,5)6/h8,11,13,15,17H,9-10H2,1-7H3,(H,22,25)(H,23,26)/t13-,15-,17?/m1/s1. The molecule has 9 heteroatoms. The molecule has 0 radical (unpaired) electrons. The van der Waals surface area contributed by atoms with Crippen molar-refractivity contribution in [3.05, 3.63) is 23.5 Å². The van der Waals surface area contributed by atoms with Crippen molar-refractivity contribution >= 4 is 18.2 Å². The molecule has 0 aromatic rings. The molecule has 0 saturated heterocycles. The van der Waals surface area contributed by atoms with Gasteiger partial charge in [-0.1, -0.05) is 6.08 Å². The molecule has 0 fully saturated rings. The molecule has 168 valence electrons. The maximum absolute atomic E-state index is 12.3. The highest BCUT2D eigenvalue weighted by atomic mass is 16.7. The van der Waals surface area contributed by atoms with E-state index in [1.165, 1.54) is 13.4 Å². The van der Waals surface area contributed by atoms with Crippen molar-refractivity contribution in [1.29, 1.82) is 0 Å². The van der Waals surface area contributed by atoms with Crippen molar-refractivity contribution in [3.8, 4) is 0 Å². The molecule has 0 aromatic heterocycles. The van der Waals surface area contributed by atoms with Crippen LogP contribution < -0.4 is 10.6 Å². The SMILES string of the molecule is COC(=O)C1=COC(OC(=O)NC(C)(C)C)[C@@H]2C(COC(=O)NC(C)(C)C)=CC[C@H]12. The molecular formula is C21H32N2O7. The molecule has 2 N–H and O–H groups in total. The lowest BCUT2D eigenvalue weighted by Crippen LogP contribution is -2.46. The zero-order chi connectivity index (χ0) is 22.7. The summed E-state index contributed by atoms with van der Waals surface area (Å²) in [6, 6.07) is 0. The van der Waals surface area contributed by atoms with Gasteiger partial charge in [-0.3, -0.25) is 0 Å². The van der Waals surface area contributed by atoms with Crippen LogP contribution >= 0.6 is 0 Å². The Kier molecular flexibility index (Phi) is 7.05. The van der Waals surface area contributed by atoms with Crippen molar-refractivity contribution in [3.63, 3.8) is 0 Å². The van der Waals surface area contributed by atoms with Gasteiger partial charge in [0.25, 0.3) is 6.29 Å². The summed E-state index contributed by atoms with van der Waals surface area (Å²) in [4.78, 5) is 36.5. The van der Waals surface area contributed by atoms with Crippen molar-refractivity contribution in [2.45, 2.75) is 65.3 Å². The predicted octanol–water partition coefficient (Wildman–Crippen LogP) is 3.01. The minimum Gasteiger partial charge on any atom is -0.466 e. The number of hydrogen-bond acceptors (Lipinski definition) is 7. The number of nitrogens with one attached hydrogen (secondary N) is 2. The molecule has 0 aromatic carbocycles. The summed E-state index contributed by atoms with van der Waals surface area (Å²) in [5.74, 6) is -1.29. The number of ether oxygens (including phenoxy) is 4. The number of alkyl carbamates (subject to hydrolysis) is 2. The van der Waals surface area contributed by atoms with E-state index < -0.39 is 41.4 Å². The lowest BCUT2D eigenvalue weighted by atomic mass is 9.83. The van der Waals surface area contributed by atoms with Crippen LogP contribution in [0, 0.1) is 11.8 Å². The number of fused-ring (bicyclic) bond motifs is 1. The maximum Gasteiger partial charge on any atom is 0.410 e. The third kappa shape index (κ3) is 6.40. The van der Waals surface area contributed by atoms with Crippen molar-refractivity contribution in [2.24, 2.45) is 11.8 Å². The van der Waals surface area contributed by atoms with Gasteiger partial charge in [-0.2, -0.15) is 0 Å². The second-order valence-electron chi connectivity index (χ2n) is 9.45. The van der Waals surface area contributed by atoms with E-state index in [1.54, 1.807) is 0 Å². The summed E-state index contributed by atoms with van der Waals surface area (Å²) >= 11 is 0. The zero-order valence-corrected chi connectivity index (χ0v) is 18.7. The fraction of sp³-hybridized carbons (Fsp3) is 0.667. The maximum atomic E-state index is 12.3. The van der Waals surface area contributed by atoms with Crippen molar-refractivity contribution in [1.82, 2.24) is 10.6 Å². The van der Waals surface area contributed by atoms with E-state index in [1.807, 2.05) is 47.6 Å². The summed E-state index contributed by atoms with van der Waals surface area (Å²) in [6.45, 7) is 11.0. The fourth-order valence-corrected chi connectivity index (χ4v) is 3.32. The molecule has 1 unspecified atom stereocenters. The summed E-state index contributed by atoms with van der Waals surface area (Å²) in [6.07, 6.45) is 1.51. The highest BCUT2D eigenvalue weighted by Crippen LogP contribution is 2.43. The first-order valence-corrected chi connectivity index (χ1v) is 9.87.